The molecule has 0 radical (unpaired) electrons. The SMILES string of the molecule is COC(CN)CC(=O)NC(c1cccc(C(F)(F)F)c1)C(C)(C)C.Cl. The highest BCUT2D eigenvalue weighted by atomic mass is 35.5. The van der Waals surface area contributed by atoms with E-state index >= 15 is 0 Å². The van der Waals surface area contributed by atoms with E-state index in [-0.39, 0.29) is 31.3 Å². The van der Waals surface area contributed by atoms with Crippen molar-refractivity contribution in [1.29, 1.82) is 0 Å². The van der Waals surface area contributed by atoms with Gasteiger partial charge in [-0.05, 0) is 23.1 Å². The maximum atomic E-state index is 12.9. The molecule has 0 aliphatic heterocycles. The average Bonchev–Trinajstić information content (AvgIpc) is 2.48. The Balaban J connectivity index is 0.00000576. The molecule has 1 amide bonds. The lowest BCUT2D eigenvalue weighted by Crippen LogP contribution is -2.39. The average molecular weight is 383 g/mol. The summed E-state index contributed by atoms with van der Waals surface area (Å²) in [6, 6.07) is 4.46. The molecule has 1 aromatic carbocycles. The first-order valence-electron chi connectivity index (χ1n) is 7.68. The standard InChI is InChI=1S/C17H25F3N2O2.ClH/c1-16(2,3)15(22-14(23)9-13(10-21)24-4)11-6-5-7-12(8-11)17(18,19)20;/h5-8,13,15H,9-10,21H2,1-4H3,(H,22,23);1H. The Bertz CT molecular complexity index is 556. The number of hydrogen-bond donors (Lipinski definition) is 2. The molecule has 3 N–H and O–H groups in total. The van der Waals surface area contributed by atoms with Gasteiger partial charge in [-0.25, -0.2) is 0 Å². The molecule has 0 spiro atoms. The number of amides is 1. The number of nitrogens with one attached hydrogen (secondary N) is 1. The van der Waals surface area contributed by atoms with E-state index in [2.05, 4.69) is 5.32 Å². The van der Waals surface area contributed by atoms with E-state index in [1.807, 2.05) is 20.8 Å². The first-order chi connectivity index (χ1) is 11.0. The van der Waals surface area contributed by atoms with Crippen molar-refractivity contribution in [3.05, 3.63) is 35.4 Å². The first-order valence-corrected chi connectivity index (χ1v) is 7.68. The van der Waals surface area contributed by atoms with Gasteiger partial charge in [-0.15, -0.1) is 12.4 Å². The molecule has 2 atom stereocenters. The third kappa shape index (κ3) is 7.22. The van der Waals surface area contributed by atoms with E-state index in [1.54, 1.807) is 6.07 Å². The summed E-state index contributed by atoms with van der Waals surface area (Å²) in [5, 5.41) is 2.81. The minimum atomic E-state index is -4.43. The van der Waals surface area contributed by atoms with E-state index in [9.17, 15) is 18.0 Å². The van der Waals surface area contributed by atoms with Crippen molar-refractivity contribution in [2.24, 2.45) is 11.1 Å². The molecule has 0 saturated carbocycles. The lowest BCUT2D eigenvalue weighted by atomic mass is 9.81. The summed E-state index contributed by atoms with van der Waals surface area (Å²) in [4.78, 5) is 12.2. The van der Waals surface area contributed by atoms with Gasteiger partial charge < -0.3 is 15.8 Å². The van der Waals surface area contributed by atoms with Crippen LogP contribution >= 0.6 is 12.4 Å². The first kappa shape index (κ1) is 23.7. The third-order valence-corrected chi connectivity index (χ3v) is 3.73. The van der Waals surface area contributed by atoms with Gasteiger partial charge in [0.2, 0.25) is 5.91 Å². The number of nitrogens with two attached hydrogens (primary N) is 1. The van der Waals surface area contributed by atoms with Crippen LogP contribution in [-0.2, 0) is 15.7 Å². The molecule has 2 unspecified atom stereocenters. The number of carbonyl (C=O) groups excluding carboxylic acids is 1. The van der Waals surface area contributed by atoms with Gasteiger partial charge in [0, 0.05) is 13.7 Å². The van der Waals surface area contributed by atoms with Crippen molar-refractivity contribution in [1.82, 2.24) is 5.32 Å². The van der Waals surface area contributed by atoms with E-state index in [0.29, 0.717) is 5.56 Å². The van der Waals surface area contributed by atoms with Crippen LogP contribution in [0, 0.1) is 5.41 Å². The molecule has 8 heteroatoms. The van der Waals surface area contributed by atoms with Crippen LogP contribution in [0.4, 0.5) is 13.2 Å². The summed E-state index contributed by atoms with van der Waals surface area (Å²) in [6.45, 7) is 5.76. The second kappa shape index (κ2) is 9.40. The zero-order chi connectivity index (χ0) is 18.5. The monoisotopic (exact) mass is 382 g/mol. The molecule has 1 rings (SSSR count). The highest BCUT2D eigenvalue weighted by molar-refractivity contribution is 5.85. The van der Waals surface area contributed by atoms with Gasteiger partial charge in [0.25, 0.3) is 0 Å². The van der Waals surface area contributed by atoms with Gasteiger partial charge in [0.15, 0.2) is 0 Å². The van der Waals surface area contributed by atoms with Crippen LogP contribution in [0.1, 0.15) is 44.4 Å². The minimum Gasteiger partial charge on any atom is -0.380 e. The van der Waals surface area contributed by atoms with Crippen molar-refractivity contribution < 1.29 is 22.7 Å². The van der Waals surface area contributed by atoms with Gasteiger partial charge in [-0.1, -0.05) is 32.9 Å². The summed E-state index contributed by atoms with van der Waals surface area (Å²) in [5.41, 5.74) is 4.70. The molecule has 0 aliphatic carbocycles. The van der Waals surface area contributed by atoms with Crippen molar-refractivity contribution in [3.63, 3.8) is 0 Å². The molecule has 0 bridgehead atoms. The fourth-order valence-corrected chi connectivity index (χ4v) is 2.38. The predicted octanol–water partition coefficient (Wildman–Crippen LogP) is 3.69. The van der Waals surface area contributed by atoms with Crippen molar-refractivity contribution in [2.45, 2.75) is 45.5 Å². The molecule has 0 saturated heterocycles. The summed E-state index contributed by atoms with van der Waals surface area (Å²) in [6.07, 6.45) is -4.80. The number of ether oxygens (including phenoxy) is 1. The lowest BCUT2D eigenvalue weighted by molar-refractivity contribution is -0.137. The highest BCUT2D eigenvalue weighted by Crippen LogP contribution is 2.36. The number of rotatable bonds is 6. The summed E-state index contributed by atoms with van der Waals surface area (Å²) < 4.78 is 43.9. The Kier molecular flexibility index (Phi) is 8.91. The van der Waals surface area contributed by atoms with E-state index in [1.165, 1.54) is 13.2 Å². The molecule has 0 aliphatic rings. The summed E-state index contributed by atoms with van der Waals surface area (Å²) >= 11 is 0. The molecule has 25 heavy (non-hydrogen) atoms. The zero-order valence-corrected chi connectivity index (χ0v) is 15.6. The molecule has 0 fully saturated rings. The third-order valence-electron chi connectivity index (χ3n) is 3.73. The molecular formula is C17H26ClF3N2O2. The minimum absolute atomic E-state index is 0. The largest absolute Gasteiger partial charge is 0.416 e. The van der Waals surface area contributed by atoms with Crippen molar-refractivity contribution >= 4 is 18.3 Å². The van der Waals surface area contributed by atoms with Crippen LogP contribution in [-0.4, -0.2) is 25.7 Å². The quantitative estimate of drug-likeness (QED) is 0.788. The predicted molar refractivity (Wildman–Crippen MR) is 93.5 cm³/mol. The number of alkyl halides is 3. The lowest BCUT2D eigenvalue weighted by Gasteiger charge is -2.32. The summed E-state index contributed by atoms with van der Waals surface area (Å²) in [7, 11) is 1.46. The van der Waals surface area contributed by atoms with Gasteiger partial charge in [0.05, 0.1) is 24.1 Å². The number of hydrogen-bond acceptors (Lipinski definition) is 3. The fraction of sp³-hybridized carbons (Fsp3) is 0.588. The van der Waals surface area contributed by atoms with E-state index in [4.69, 9.17) is 10.5 Å². The van der Waals surface area contributed by atoms with Gasteiger partial charge >= 0.3 is 6.18 Å². The van der Waals surface area contributed by atoms with Crippen LogP contribution in [0.3, 0.4) is 0 Å². The molecule has 0 aromatic heterocycles. The maximum Gasteiger partial charge on any atom is 0.416 e. The van der Waals surface area contributed by atoms with Crippen molar-refractivity contribution in [2.75, 3.05) is 13.7 Å². The Morgan fingerprint density at radius 1 is 1.28 bits per heavy atom. The molecular weight excluding hydrogens is 357 g/mol. The molecule has 1 aromatic rings. The number of benzene rings is 1. The van der Waals surface area contributed by atoms with Crippen LogP contribution in [0.5, 0.6) is 0 Å². The number of methoxy groups -OCH3 is 1. The van der Waals surface area contributed by atoms with Crippen molar-refractivity contribution in [3.8, 4) is 0 Å². The van der Waals surface area contributed by atoms with Gasteiger partial charge in [-0.3, -0.25) is 4.79 Å². The molecule has 0 heterocycles. The normalized spacial score (nSPS) is 14.4. The van der Waals surface area contributed by atoms with Crippen LogP contribution in [0.25, 0.3) is 0 Å². The van der Waals surface area contributed by atoms with E-state index < -0.39 is 29.3 Å². The van der Waals surface area contributed by atoms with E-state index in [0.717, 1.165) is 12.1 Å². The molecule has 144 valence electrons. The van der Waals surface area contributed by atoms with Gasteiger partial charge in [-0.2, -0.15) is 13.2 Å². The number of halogens is 4. The fourth-order valence-electron chi connectivity index (χ4n) is 2.38. The van der Waals surface area contributed by atoms with Crippen LogP contribution < -0.4 is 11.1 Å². The zero-order valence-electron chi connectivity index (χ0n) is 14.8. The highest BCUT2D eigenvalue weighted by Gasteiger charge is 2.33. The maximum absolute atomic E-state index is 12.9. The Hall–Kier alpha value is -1.31. The Morgan fingerprint density at radius 2 is 1.88 bits per heavy atom. The Morgan fingerprint density at radius 3 is 2.32 bits per heavy atom. The molecule has 4 nitrogen and oxygen atoms in total. The van der Waals surface area contributed by atoms with Crippen LogP contribution in [0.15, 0.2) is 24.3 Å². The van der Waals surface area contributed by atoms with Gasteiger partial charge in [0.1, 0.15) is 0 Å². The topological polar surface area (TPSA) is 64.3 Å². The Labute approximate surface area is 152 Å². The van der Waals surface area contributed by atoms with Crippen LogP contribution in [0.2, 0.25) is 0 Å². The summed E-state index contributed by atoms with van der Waals surface area (Å²) in [5.74, 6) is -0.315. The number of carbonyl (C=O) groups is 1. The smallest absolute Gasteiger partial charge is 0.380 e. The second-order valence-electron chi connectivity index (χ2n) is 6.79. The second-order valence-corrected chi connectivity index (χ2v) is 6.79.